The van der Waals surface area contributed by atoms with Crippen LogP contribution < -0.4 is 14.9 Å². The smallest absolute Gasteiger partial charge is 0.338 e. The third-order valence-corrected chi connectivity index (χ3v) is 6.16. The molecule has 0 amide bonds. The van der Waals surface area contributed by atoms with Crippen LogP contribution in [0.3, 0.4) is 0 Å². The zero-order chi connectivity index (χ0) is 23.2. The van der Waals surface area contributed by atoms with Crippen LogP contribution in [0.1, 0.15) is 29.8 Å². The van der Waals surface area contributed by atoms with Gasteiger partial charge in [0.05, 0.1) is 33.5 Å². The Morgan fingerprint density at radius 1 is 1.28 bits per heavy atom. The minimum absolute atomic E-state index is 0.0333. The summed E-state index contributed by atoms with van der Waals surface area (Å²) in [7, 11) is 3.05. The van der Waals surface area contributed by atoms with Crippen molar-refractivity contribution in [2.24, 2.45) is 12.0 Å². The summed E-state index contributed by atoms with van der Waals surface area (Å²) in [6, 6.07) is 5.18. The molecule has 1 aromatic carbocycles. The molecule has 11 heteroatoms. The number of methoxy groups -OCH3 is 1. The number of fused-ring (bicyclic) bond motifs is 1. The fourth-order valence-electron chi connectivity index (χ4n) is 3.72. The van der Waals surface area contributed by atoms with Crippen molar-refractivity contribution in [1.29, 1.82) is 0 Å². The highest BCUT2D eigenvalue weighted by molar-refractivity contribution is 7.07. The lowest BCUT2D eigenvalue weighted by atomic mass is 9.96. The maximum absolute atomic E-state index is 13.4. The Hall–Kier alpha value is -3.86. The molecule has 1 aliphatic rings. The Kier molecular flexibility index (Phi) is 5.35. The van der Waals surface area contributed by atoms with Gasteiger partial charge in [-0.05, 0) is 37.6 Å². The van der Waals surface area contributed by atoms with Crippen LogP contribution in [-0.4, -0.2) is 32.3 Å². The Bertz CT molecular complexity index is 1460. The standard InChI is InChI=1S/C21H19N5O5S/c1-11-15(10-24(3)23-11)18-17(20(28)31-4)12(2)22-21-25(18)19(27)16(32-21)9-13-5-7-14(8-6-13)26(29)30/h5-10,18H,1-4H3. The molecule has 0 spiro atoms. The SMILES string of the molecule is COC(=O)C1=C(C)N=c2sc(=Cc3ccc([N+](=O)[O-])cc3)c(=O)n2C1c1cn(C)nc1C. The molecule has 2 aromatic heterocycles. The maximum Gasteiger partial charge on any atom is 0.338 e. The second kappa shape index (κ2) is 8.00. The van der Waals surface area contributed by atoms with Crippen molar-refractivity contribution in [2.75, 3.05) is 7.11 Å². The Morgan fingerprint density at radius 2 is 1.97 bits per heavy atom. The largest absolute Gasteiger partial charge is 0.466 e. The number of nitrogens with zero attached hydrogens (tertiary/aromatic N) is 5. The molecule has 1 atom stereocenters. The zero-order valence-corrected chi connectivity index (χ0v) is 18.5. The second-order valence-corrected chi connectivity index (χ2v) is 8.27. The second-order valence-electron chi connectivity index (χ2n) is 7.27. The van der Waals surface area contributed by atoms with Crippen LogP contribution in [0.25, 0.3) is 6.08 Å². The van der Waals surface area contributed by atoms with Crippen molar-refractivity contribution in [3.8, 4) is 0 Å². The number of esters is 1. The number of hydrogen-bond donors (Lipinski definition) is 0. The summed E-state index contributed by atoms with van der Waals surface area (Å²) in [5, 5.41) is 15.2. The van der Waals surface area contributed by atoms with E-state index in [1.54, 1.807) is 43.1 Å². The normalized spacial score (nSPS) is 16.0. The molecule has 0 N–H and O–H groups in total. The van der Waals surface area contributed by atoms with Gasteiger partial charge in [0, 0.05) is 30.9 Å². The molecule has 0 bridgehead atoms. The molecule has 3 heterocycles. The van der Waals surface area contributed by atoms with E-state index in [4.69, 9.17) is 4.74 Å². The van der Waals surface area contributed by atoms with Crippen molar-refractivity contribution >= 4 is 29.1 Å². The predicted molar refractivity (Wildman–Crippen MR) is 117 cm³/mol. The fourth-order valence-corrected chi connectivity index (χ4v) is 4.76. The van der Waals surface area contributed by atoms with Crippen molar-refractivity contribution in [2.45, 2.75) is 19.9 Å². The molecule has 0 radical (unpaired) electrons. The summed E-state index contributed by atoms with van der Waals surface area (Å²) in [5.41, 5.74) is 2.40. The number of ether oxygens (including phenoxy) is 1. The van der Waals surface area contributed by atoms with Crippen molar-refractivity contribution < 1.29 is 14.5 Å². The Balaban J connectivity index is 1.94. The maximum atomic E-state index is 13.4. The van der Waals surface area contributed by atoms with Gasteiger partial charge in [0.1, 0.15) is 6.04 Å². The van der Waals surface area contributed by atoms with Gasteiger partial charge in [0.2, 0.25) is 0 Å². The summed E-state index contributed by atoms with van der Waals surface area (Å²) in [6.07, 6.45) is 3.42. The molecule has 4 rings (SSSR count). The number of non-ortho nitro benzene ring substituents is 1. The van der Waals surface area contributed by atoms with Crippen LogP contribution in [0.5, 0.6) is 0 Å². The number of thiazole rings is 1. The summed E-state index contributed by atoms with van der Waals surface area (Å²) in [5.74, 6) is -0.566. The number of aromatic nitrogens is 3. The Morgan fingerprint density at radius 3 is 2.53 bits per heavy atom. The number of nitro groups is 1. The number of hydrogen-bond acceptors (Lipinski definition) is 8. The minimum atomic E-state index is -0.730. The minimum Gasteiger partial charge on any atom is -0.466 e. The predicted octanol–water partition coefficient (Wildman–Crippen LogP) is 1.36. The number of carbonyl (C=O) groups is 1. The first kappa shape index (κ1) is 21.4. The number of carbonyl (C=O) groups excluding carboxylic acids is 1. The lowest BCUT2D eigenvalue weighted by molar-refractivity contribution is -0.384. The quantitative estimate of drug-likeness (QED) is 0.334. The van der Waals surface area contributed by atoms with Gasteiger partial charge in [-0.3, -0.25) is 24.2 Å². The number of rotatable bonds is 4. The highest BCUT2D eigenvalue weighted by atomic mass is 32.1. The van der Waals surface area contributed by atoms with Gasteiger partial charge in [-0.1, -0.05) is 11.3 Å². The van der Waals surface area contributed by atoms with Crippen molar-refractivity contribution in [3.05, 3.63) is 88.4 Å². The van der Waals surface area contributed by atoms with E-state index < -0.39 is 16.9 Å². The summed E-state index contributed by atoms with van der Waals surface area (Å²) >= 11 is 1.18. The van der Waals surface area contributed by atoms with Crippen LogP contribution in [0.4, 0.5) is 5.69 Å². The zero-order valence-electron chi connectivity index (χ0n) is 17.7. The molecule has 164 valence electrons. The van der Waals surface area contributed by atoms with Gasteiger partial charge in [-0.2, -0.15) is 5.10 Å². The number of allylic oxidation sites excluding steroid dienone is 1. The summed E-state index contributed by atoms with van der Waals surface area (Å²) in [4.78, 5) is 41.4. The van der Waals surface area contributed by atoms with Crippen LogP contribution in [0.2, 0.25) is 0 Å². The Labute approximate surface area is 185 Å². The molecule has 0 saturated carbocycles. The summed E-state index contributed by atoms with van der Waals surface area (Å²) < 4.78 is 8.48. The first-order chi connectivity index (χ1) is 15.2. The van der Waals surface area contributed by atoms with Crippen LogP contribution >= 0.6 is 11.3 Å². The highest BCUT2D eigenvalue weighted by Gasteiger charge is 2.34. The molecule has 32 heavy (non-hydrogen) atoms. The lowest BCUT2D eigenvalue weighted by Gasteiger charge is -2.23. The summed E-state index contributed by atoms with van der Waals surface area (Å²) in [6.45, 7) is 3.52. The van der Waals surface area contributed by atoms with Crippen molar-refractivity contribution in [1.82, 2.24) is 14.3 Å². The molecular formula is C21H19N5O5S. The van der Waals surface area contributed by atoms with Crippen LogP contribution in [-0.2, 0) is 16.6 Å². The fraction of sp³-hybridized carbons (Fsp3) is 0.238. The lowest BCUT2D eigenvalue weighted by Crippen LogP contribution is -2.40. The van der Waals surface area contributed by atoms with E-state index >= 15 is 0 Å². The monoisotopic (exact) mass is 453 g/mol. The number of benzene rings is 1. The van der Waals surface area contributed by atoms with E-state index in [0.29, 0.717) is 31.9 Å². The van der Waals surface area contributed by atoms with Crippen molar-refractivity contribution in [3.63, 3.8) is 0 Å². The third-order valence-electron chi connectivity index (χ3n) is 5.17. The van der Waals surface area contributed by atoms with E-state index in [2.05, 4.69) is 10.1 Å². The van der Waals surface area contributed by atoms with E-state index in [1.807, 2.05) is 6.92 Å². The first-order valence-electron chi connectivity index (χ1n) is 9.56. The third kappa shape index (κ3) is 3.56. The average molecular weight is 453 g/mol. The molecule has 0 fully saturated rings. The number of aryl methyl sites for hydroxylation is 2. The molecular weight excluding hydrogens is 434 g/mol. The van der Waals surface area contributed by atoms with Gasteiger partial charge in [-0.15, -0.1) is 0 Å². The average Bonchev–Trinajstić information content (AvgIpc) is 3.24. The number of nitro benzene ring substituents is 1. The van der Waals surface area contributed by atoms with Crippen LogP contribution in [0, 0.1) is 17.0 Å². The van der Waals surface area contributed by atoms with E-state index in [9.17, 15) is 19.7 Å². The van der Waals surface area contributed by atoms with E-state index in [0.717, 1.165) is 0 Å². The molecule has 1 aliphatic heterocycles. The molecule has 0 saturated heterocycles. The van der Waals surface area contributed by atoms with Crippen LogP contribution in [0.15, 0.2) is 51.5 Å². The van der Waals surface area contributed by atoms with Gasteiger partial charge in [0.25, 0.3) is 11.2 Å². The van der Waals surface area contributed by atoms with E-state index in [-0.39, 0.29) is 16.8 Å². The molecule has 10 nitrogen and oxygen atoms in total. The van der Waals surface area contributed by atoms with Gasteiger partial charge < -0.3 is 4.74 Å². The van der Waals surface area contributed by atoms with E-state index in [1.165, 1.54) is 35.1 Å². The van der Waals surface area contributed by atoms with Gasteiger partial charge in [-0.25, -0.2) is 9.79 Å². The molecule has 0 aliphatic carbocycles. The van der Waals surface area contributed by atoms with Gasteiger partial charge in [0.15, 0.2) is 4.80 Å². The topological polar surface area (TPSA) is 122 Å². The first-order valence-corrected chi connectivity index (χ1v) is 10.4. The molecule has 1 unspecified atom stereocenters. The molecule has 3 aromatic rings. The highest BCUT2D eigenvalue weighted by Crippen LogP contribution is 2.31. The van der Waals surface area contributed by atoms with Gasteiger partial charge >= 0.3 is 5.97 Å².